The fraction of sp³-hybridized carbons (Fsp3) is 0.238. The molecule has 0 aliphatic carbocycles. The van der Waals surface area contributed by atoms with Crippen LogP contribution in [-0.2, 0) is 16.1 Å². The summed E-state index contributed by atoms with van der Waals surface area (Å²) in [6.07, 6.45) is 4.85. The summed E-state index contributed by atoms with van der Waals surface area (Å²) in [6.45, 7) is 2.47. The van der Waals surface area contributed by atoms with Crippen LogP contribution in [-0.4, -0.2) is 51.6 Å². The number of anilines is 1. The van der Waals surface area contributed by atoms with E-state index < -0.39 is 6.10 Å². The number of morpholine rings is 1. The van der Waals surface area contributed by atoms with E-state index in [1.807, 2.05) is 60.9 Å². The third-order valence-electron chi connectivity index (χ3n) is 4.49. The molecule has 1 saturated heterocycles. The van der Waals surface area contributed by atoms with Crippen molar-refractivity contribution in [2.45, 2.75) is 12.6 Å². The van der Waals surface area contributed by atoms with Crippen molar-refractivity contribution in [2.24, 2.45) is 0 Å². The van der Waals surface area contributed by atoms with Crippen molar-refractivity contribution in [2.75, 3.05) is 25.0 Å². The molecule has 3 heterocycles. The number of benzene rings is 1. The number of carbonyl (C=O) groups is 1. The molecule has 7 nitrogen and oxygen atoms in total. The van der Waals surface area contributed by atoms with Crippen molar-refractivity contribution < 1.29 is 9.53 Å². The van der Waals surface area contributed by atoms with Crippen LogP contribution in [0.2, 0.25) is 0 Å². The Morgan fingerprint density at radius 2 is 1.86 bits per heavy atom. The van der Waals surface area contributed by atoms with E-state index in [-0.39, 0.29) is 5.91 Å². The Morgan fingerprint density at radius 1 is 1.07 bits per heavy atom. The molecule has 0 unspecified atom stereocenters. The van der Waals surface area contributed by atoms with Gasteiger partial charge in [0.2, 0.25) is 0 Å². The van der Waals surface area contributed by atoms with Crippen LogP contribution in [0.4, 0.5) is 5.69 Å². The fourth-order valence-electron chi connectivity index (χ4n) is 3.07. The standard InChI is InChI=1S/C21H21N5O2/c27-21(25-17-6-2-1-3-7-17)19-15-26(10-11-28-19)14-16-12-23-20(24-13-16)18-8-4-5-9-22-18/h1-9,12-13,19H,10-11,14-15H2,(H,25,27)/t19-/m1/s1. The summed E-state index contributed by atoms with van der Waals surface area (Å²) in [5.41, 5.74) is 2.51. The van der Waals surface area contributed by atoms with E-state index in [4.69, 9.17) is 4.74 Å². The maximum Gasteiger partial charge on any atom is 0.254 e. The minimum atomic E-state index is -0.498. The summed E-state index contributed by atoms with van der Waals surface area (Å²) in [5, 5.41) is 2.90. The van der Waals surface area contributed by atoms with Gasteiger partial charge in [-0.05, 0) is 24.3 Å². The number of hydrogen-bond acceptors (Lipinski definition) is 6. The Hall–Kier alpha value is -3.16. The minimum absolute atomic E-state index is 0.127. The zero-order valence-corrected chi connectivity index (χ0v) is 15.4. The SMILES string of the molecule is O=C(Nc1ccccc1)[C@H]1CN(Cc2cnc(-c3ccccn3)nc2)CCO1. The lowest BCUT2D eigenvalue weighted by molar-refractivity contribution is -0.133. The van der Waals surface area contributed by atoms with Crippen LogP contribution in [0.3, 0.4) is 0 Å². The molecule has 0 saturated carbocycles. The number of carbonyl (C=O) groups excluding carboxylic acids is 1. The number of nitrogens with one attached hydrogen (secondary N) is 1. The lowest BCUT2D eigenvalue weighted by Gasteiger charge is -2.32. The van der Waals surface area contributed by atoms with Crippen molar-refractivity contribution in [3.8, 4) is 11.5 Å². The van der Waals surface area contributed by atoms with Crippen molar-refractivity contribution in [1.29, 1.82) is 0 Å². The molecule has 1 N–H and O–H groups in total. The highest BCUT2D eigenvalue weighted by atomic mass is 16.5. The first kappa shape index (κ1) is 18.2. The van der Waals surface area contributed by atoms with Crippen LogP contribution in [0.1, 0.15) is 5.56 Å². The predicted molar refractivity (Wildman–Crippen MR) is 105 cm³/mol. The number of para-hydroxylation sites is 1. The number of amides is 1. The van der Waals surface area contributed by atoms with Gasteiger partial charge in [-0.2, -0.15) is 0 Å². The summed E-state index contributed by atoms with van der Waals surface area (Å²) in [5.74, 6) is 0.476. The lowest BCUT2D eigenvalue weighted by Crippen LogP contribution is -2.47. The topological polar surface area (TPSA) is 80.2 Å². The van der Waals surface area contributed by atoms with Crippen molar-refractivity contribution in [3.63, 3.8) is 0 Å². The highest BCUT2D eigenvalue weighted by Gasteiger charge is 2.26. The molecule has 7 heteroatoms. The van der Waals surface area contributed by atoms with Crippen LogP contribution in [0, 0.1) is 0 Å². The van der Waals surface area contributed by atoms with Gasteiger partial charge < -0.3 is 10.1 Å². The van der Waals surface area contributed by atoms with Crippen molar-refractivity contribution >= 4 is 11.6 Å². The first-order chi connectivity index (χ1) is 13.8. The highest BCUT2D eigenvalue weighted by molar-refractivity contribution is 5.94. The Balaban J connectivity index is 1.35. The van der Waals surface area contributed by atoms with E-state index in [1.54, 1.807) is 6.20 Å². The molecule has 0 radical (unpaired) electrons. The van der Waals surface area contributed by atoms with Crippen LogP contribution >= 0.6 is 0 Å². The number of pyridine rings is 1. The van der Waals surface area contributed by atoms with E-state index in [0.29, 0.717) is 25.5 Å². The largest absolute Gasteiger partial charge is 0.366 e. The van der Waals surface area contributed by atoms with E-state index >= 15 is 0 Å². The molecule has 1 aliphatic rings. The van der Waals surface area contributed by atoms with Crippen LogP contribution in [0.15, 0.2) is 67.1 Å². The highest BCUT2D eigenvalue weighted by Crippen LogP contribution is 2.14. The van der Waals surface area contributed by atoms with Gasteiger partial charge in [0.05, 0.1) is 6.61 Å². The monoisotopic (exact) mass is 375 g/mol. The maximum atomic E-state index is 12.5. The van der Waals surface area contributed by atoms with Gasteiger partial charge in [-0.15, -0.1) is 0 Å². The number of hydrogen-bond donors (Lipinski definition) is 1. The van der Waals surface area contributed by atoms with Gasteiger partial charge in [0, 0.05) is 49.5 Å². The van der Waals surface area contributed by atoms with E-state index in [0.717, 1.165) is 23.5 Å². The normalized spacial score (nSPS) is 17.2. The lowest BCUT2D eigenvalue weighted by atomic mass is 10.2. The molecule has 4 rings (SSSR count). The Kier molecular flexibility index (Phi) is 5.65. The second kappa shape index (κ2) is 8.69. The predicted octanol–water partition coefficient (Wildman–Crippen LogP) is 2.38. The van der Waals surface area contributed by atoms with Gasteiger partial charge in [-0.3, -0.25) is 14.7 Å². The van der Waals surface area contributed by atoms with Gasteiger partial charge in [-0.1, -0.05) is 24.3 Å². The molecule has 28 heavy (non-hydrogen) atoms. The molecule has 3 aromatic rings. The Bertz CT molecular complexity index is 903. The second-order valence-corrected chi connectivity index (χ2v) is 6.58. The molecule has 2 aromatic heterocycles. The van der Waals surface area contributed by atoms with Gasteiger partial charge in [0.15, 0.2) is 5.82 Å². The van der Waals surface area contributed by atoms with Gasteiger partial charge >= 0.3 is 0 Å². The molecule has 1 fully saturated rings. The fourth-order valence-corrected chi connectivity index (χ4v) is 3.07. The van der Waals surface area contributed by atoms with Gasteiger partial charge in [-0.25, -0.2) is 9.97 Å². The molecule has 1 aliphatic heterocycles. The van der Waals surface area contributed by atoms with E-state index in [9.17, 15) is 4.79 Å². The van der Waals surface area contributed by atoms with E-state index in [1.165, 1.54) is 0 Å². The molecular weight excluding hydrogens is 354 g/mol. The Morgan fingerprint density at radius 3 is 2.61 bits per heavy atom. The zero-order chi connectivity index (χ0) is 19.2. The maximum absolute atomic E-state index is 12.5. The molecule has 1 atom stereocenters. The van der Waals surface area contributed by atoms with Crippen molar-refractivity contribution in [3.05, 3.63) is 72.7 Å². The van der Waals surface area contributed by atoms with Gasteiger partial charge in [0.1, 0.15) is 11.8 Å². The average molecular weight is 375 g/mol. The summed E-state index contributed by atoms with van der Waals surface area (Å²) in [7, 11) is 0. The van der Waals surface area contributed by atoms with Crippen LogP contribution in [0.5, 0.6) is 0 Å². The summed E-state index contributed by atoms with van der Waals surface area (Å²) in [4.78, 5) is 27.7. The third-order valence-corrected chi connectivity index (χ3v) is 4.49. The molecule has 1 aromatic carbocycles. The minimum Gasteiger partial charge on any atom is -0.366 e. The summed E-state index contributed by atoms with van der Waals surface area (Å²) in [6, 6.07) is 15.1. The summed E-state index contributed by atoms with van der Waals surface area (Å²) >= 11 is 0. The third kappa shape index (κ3) is 4.57. The number of aromatic nitrogens is 3. The first-order valence-electron chi connectivity index (χ1n) is 9.20. The molecule has 0 spiro atoms. The van der Waals surface area contributed by atoms with Crippen LogP contribution < -0.4 is 5.32 Å². The van der Waals surface area contributed by atoms with Crippen LogP contribution in [0.25, 0.3) is 11.5 Å². The average Bonchev–Trinajstić information content (AvgIpc) is 2.76. The van der Waals surface area contributed by atoms with Crippen molar-refractivity contribution in [1.82, 2.24) is 19.9 Å². The smallest absolute Gasteiger partial charge is 0.254 e. The molecule has 0 bridgehead atoms. The number of rotatable bonds is 5. The zero-order valence-electron chi connectivity index (χ0n) is 15.4. The number of ether oxygens (including phenoxy) is 1. The van der Waals surface area contributed by atoms with Gasteiger partial charge in [0.25, 0.3) is 5.91 Å². The molecule has 142 valence electrons. The van der Waals surface area contributed by atoms with E-state index in [2.05, 4.69) is 25.2 Å². The molecular formula is C21H21N5O2. The first-order valence-corrected chi connectivity index (χ1v) is 9.20. The second-order valence-electron chi connectivity index (χ2n) is 6.58. The Labute approximate surface area is 163 Å². The quantitative estimate of drug-likeness (QED) is 0.738. The summed E-state index contributed by atoms with van der Waals surface area (Å²) < 4.78 is 5.66. The molecule has 1 amide bonds. The number of nitrogens with zero attached hydrogens (tertiary/aromatic N) is 4.